The van der Waals surface area contributed by atoms with E-state index in [4.69, 9.17) is 0 Å². The van der Waals surface area contributed by atoms with Gasteiger partial charge in [0.2, 0.25) is 0 Å². The third kappa shape index (κ3) is 2.91. The van der Waals surface area contributed by atoms with Crippen LogP contribution in [0.15, 0.2) is 24.3 Å². The Hall–Kier alpha value is -1.26. The van der Waals surface area contributed by atoms with Gasteiger partial charge in [-0.25, -0.2) is 0 Å². The van der Waals surface area contributed by atoms with Crippen LogP contribution in [0.5, 0.6) is 0 Å². The summed E-state index contributed by atoms with van der Waals surface area (Å²) in [5.74, 6) is 0. The highest BCUT2D eigenvalue weighted by molar-refractivity contribution is 7.14. The van der Waals surface area contributed by atoms with Gasteiger partial charge in [0.15, 0.2) is 0 Å². The van der Waals surface area contributed by atoms with Crippen LogP contribution < -0.4 is 0 Å². The minimum Gasteiger partial charge on any atom is -0.297 e. The van der Waals surface area contributed by atoms with Crippen LogP contribution in [0, 0.1) is 6.92 Å². The second-order valence-electron chi connectivity index (χ2n) is 5.52. The summed E-state index contributed by atoms with van der Waals surface area (Å²) in [5.41, 5.74) is 2.57. The lowest BCUT2D eigenvalue weighted by Gasteiger charge is -2.32. The highest BCUT2D eigenvalue weighted by Crippen LogP contribution is 2.28. The van der Waals surface area contributed by atoms with E-state index >= 15 is 0 Å². The van der Waals surface area contributed by atoms with Crippen LogP contribution in [0.25, 0.3) is 10.6 Å². The summed E-state index contributed by atoms with van der Waals surface area (Å²) < 4.78 is 0. The minimum atomic E-state index is 0.514. The molecule has 4 heteroatoms. The Bertz CT molecular complexity index is 555. The second-order valence-corrected chi connectivity index (χ2v) is 6.70. The van der Waals surface area contributed by atoms with Gasteiger partial charge in [0.1, 0.15) is 10.0 Å². The Morgan fingerprint density at radius 1 is 1.05 bits per heavy atom. The largest absolute Gasteiger partial charge is 0.297 e. The number of hydrogen-bond acceptors (Lipinski definition) is 4. The molecule has 1 atom stereocenters. The third-order valence-corrected chi connectivity index (χ3v) is 4.99. The minimum absolute atomic E-state index is 0.514. The van der Waals surface area contributed by atoms with Crippen molar-refractivity contribution in [2.24, 2.45) is 0 Å². The van der Waals surface area contributed by atoms with E-state index in [0.717, 1.165) is 10.0 Å². The van der Waals surface area contributed by atoms with E-state index in [0.29, 0.717) is 6.04 Å². The van der Waals surface area contributed by atoms with Crippen LogP contribution in [-0.2, 0) is 0 Å². The van der Waals surface area contributed by atoms with Gasteiger partial charge >= 0.3 is 0 Å². The molecular weight excluding hydrogens is 266 g/mol. The van der Waals surface area contributed by atoms with Gasteiger partial charge in [0.05, 0.1) is 0 Å². The Morgan fingerprint density at radius 3 is 2.35 bits per heavy atom. The molecule has 0 N–H and O–H groups in total. The molecule has 106 valence electrons. The van der Waals surface area contributed by atoms with Gasteiger partial charge < -0.3 is 0 Å². The van der Waals surface area contributed by atoms with Crippen molar-refractivity contribution in [1.29, 1.82) is 0 Å². The summed E-state index contributed by atoms with van der Waals surface area (Å²) in [5, 5.41) is 10.3. The lowest BCUT2D eigenvalue weighted by Crippen LogP contribution is -2.32. The van der Waals surface area contributed by atoms with Crippen LogP contribution in [0.4, 0.5) is 0 Å². The fraction of sp³-hybridized carbons (Fsp3) is 0.500. The zero-order chi connectivity index (χ0) is 13.9. The van der Waals surface area contributed by atoms with Crippen molar-refractivity contribution in [2.45, 2.75) is 39.2 Å². The van der Waals surface area contributed by atoms with Gasteiger partial charge in [-0.1, -0.05) is 42.0 Å². The number of nitrogens with zero attached hydrogens (tertiary/aromatic N) is 3. The molecule has 3 rings (SSSR count). The second kappa shape index (κ2) is 6.02. The molecule has 0 radical (unpaired) electrons. The predicted octanol–water partition coefficient (Wildman–Crippen LogP) is 4.06. The summed E-state index contributed by atoms with van der Waals surface area (Å²) >= 11 is 1.65. The summed E-state index contributed by atoms with van der Waals surface area (Å²) in [6, 6.07) is 9.35. The maximum absolute atomic E-state index is 4.21. The summed E-state index contributed by atoms with van der Waals surface area (Å²) in [6.45, 7) is 6.78. The first-order valence-electron chi connectivity index (χ1n) is 7.38. The standard InChI is InChI=1S/C16H21N3S/c1-12(19-10-4-3-5-11-19)14-6-8-15(9-7-14)16-18-17-13(2)20-16/h6-9,12H,3-5,10-11H2,1-2H3/t12-/m1/s1. The zero-order valence-corrected chi connectivity index (χ0v) is 13.0. The maximum atomic E-state index is 4.21. The van der Waals surface area contributed by atoms with Crippen molar-refractivity contribution in [3.63, 3.8) is 0 Å². The molecule has 0 spiro atoms. The highest BCUT2D eigenvalue weighted by atomic mass is 32.1. The van der Waals surface area contributed by atoms with E-state index in [2.05, 4.69) is 46.3 Å². The van der Waals surface area contributed by atoms with Gasteiger partial charge in [-0.15, -0.1) is 10.2 Å². The van der Waals surface area contributed by atoms with Gasteiger partial charge in [0.25, 0.3) is 0 Å². The Morgan fingerprint density at radius 2 is 1.75 bits per heavy atom. The molecule has 20 heavy (non-hydrogen) atoms. The predicted molar refractivity (Wildman–Crippen MR) is 83.9 cm³/mol. The quantitative estimate of drug-likeness (QED) is 0.852. The van der Waals surface area contributed by atoms with E-state index in [1.165, 1.54) is 43.5 Å². The van der Waals surface area contributed by atoms with Crippen LogP contribution >= 0.6 is 11.3 Å². The molecule has 1 aromatic carbocycles. The molecule has 0 bridgehead atoms. The lowest BCUT2D eigenvalue weighted by atomic mass is 10.0. The molecule has 1 aliphatic rings. The average Bonchev–Trinajstić information content (AvgIpc) is 2.94. The van der Waals surface area contributed by atoms with Crippen LogP contribution in [0.2, 0.25) is 0 Å². The smallest absolute Gasteiger partial charge is 0.147 e. The molecule has 3 nitrogen and oxygen atoms in total. The first-order valence-corrected chi connectivity index (χ1v) is 8.20. The van der Waals surface area contributed by atoms with Crippen LogP contribution in [0.3, 0.4) is 0 Å². The zero-order valence-electron chi connectivity index (χ0n) is 12.2. The van der Waals surface area contributed by atoms with Crippen LogP contribution in [0.1, 0.15) is 42.8 Å². The lowest BCUT2D eigenvalue weighted by molar-refractivity contribution is 0.175. The number of benzene rings is 1. The summed E-state index contributed by atoms with van der Waals surface area (Å²) in [4.78, 5) is 2.59. The van der Waals surface area contributed by atoms with E-state index in [-0.39, 0.29) is 0 Å². The molecule has 2 heterocycles. The Kier molecular flexibility index (Phi) is 4.13. The van der Waals surface area contributed by atoms with E-state index < -0.39 is 0 Å². The number of likely N-dealkylation sites (tertiary alicyclic amines) is 1. The number of hydrogen-bond donors (Lipinski definition) is 0. The van der Waals surface area contributed by atoms with Crippen LogP contribution in [-0.4, -0.2) is 28.2 Å². The average molecular weight is 287 g/mol. The molecule has 0 saturated carbocycles. The molecule has 0 aliphatic carbocycles. The third-order valence-electron chi connectivity index (χ3n) is 4.10. The number of aryl methyl sites for hydroxylation is 1. The summed E-state index contributed by atoms with van der Waals surface area (Å²) in [7, 11) is 0. The molecule has 0 unspecified atom stereocenters. The molecule has 1 fully saturated rings. The number of aromatic nitrogens is 2. The number of rotatable bonds is 3. The van der Waals surface area contributed by atoms with Crippen molar-refractivity contribution < 1.29 is 0 Å². The SMILES string of the molecule is Cc1nnc(-c2ccc([C@@H](C)N3CCCCC3)cc2)s1. The van der Waals surface area contributed by atoms with E-state index in [1.807, 2.05) is 6.92 Å². The van der Waals surface area contributed by atoms with Crippen molar-refractivity contribution in [2.75, 3.05) is 13.1 Å². The first-order chi connectivity index (χ1) is 9.74. The van der Waals surface area contributed by atoms with Gasteiger partial charge in [0, 0.05) is 11.6 Å². The first kappa shape index (κ1) is 13.7. The van der Waals surface area contributed by atoms with Gasteiger partial charge in [-0.2, -0.15) is 0 Å². The topological polar surface area (TPSA) is 29.0 Å². The normalized spacial score (nSPS) is 18.1. The number of piperidine rings is 1. The van der Waals surface area contributed by atoms with Crippen molar-refractivity contribution in [3.8, 4) is 10.6 Å². The Balaban J connectivity index is 1.75. The molecule has 1 aliphatic heterocycles. The van der Waals surface area contributed by atoms with E-state index in [9.17, 15) is 0 Å². The van der Waals surface area contributed by atoms with E-state index in [1.54, 1.807) is 11.3 Å². The molecule has 1 aromatic heterocycles. The monoisotopic (exact) mass is 287 g/mol. The molecule has 1 saturated heterocycles. The maximum Gasteiger partial charge on any atom is 0.147 e. The van der Waals surface area contributed by atoms with Crippen molar-refractivity contribution in [1.82, 2.24) is 15.1 Å². The fourth-order valence-corrected chi connectivity index (χ4v) is 3.53. The summed E-state index contributed by atoms with van der Waals surface area (Å²) in [6.07, 6.45) is 4.07. The molecule has 2 aromatic rings. The van der Waals surface area contributed by atoms with Crippen molar-refractivity contribution in [3.05, 3.63) is 34.8 Å². The highest BCUT2D eigenvalue weighted by Gasteiger charge is 2.18. The molecular formula is C16H21N3S. The van der Waals surface area contributed by atoms with Gasteiger partial charge in [-0.05, 0) is 45.3 Å². The Labute approximate surface area is 124 Å². The van der Waals surface area contributed by atoms with Crippen molar-refractivity contribution >= 4 is 11.3 Å². The van der Waals surface area contributed by atoms with Gasteiger partial charge in [-0.3, -0.25) is 4.90 Å². The molecule has 0 amide bonds. The fourth-order valence-electron chi connectivity index (χ4n) is 2.83.